The number of halogens is 2. The van der Waals surface area contributed by atoms with Gasteiger partial charge >= 0.3 is 0 Å². The van der Waals surface area contributed by atoms with E-state index < -0.39 is 0 Å². The van der Waals surface area contributed by atoms with Crippen molar-refractivity contribution in [1.29, 1.82) is 0 Å². The highest BCUT2D eigenvalue weighted by Crippen LogP contribution is 2.22. The van der Waals surface area contributed by atoms with Crippen LogP contribution in [-0.4, -0.2) is 0 Å². The summed E-state index contributed by atoms with van der Waals surface area (Å²) in [4.78, 5) is 0. The molecule has 0 aromatic heterocycles. The van der Waals surface area contributed by atoms with Crippen LogP contribution in [0.5, 0.6) is 0 Å². The minimum atomic E-state index is -0.266. The molecule has 0 amide bonds. The fourth-order valence-electron chi connectivity index (χ4n) is 2.29. The van der Waals surface area contributed by atoms with Gasteiger partial charge in [0.05, 0.1) is 0 Å². The van der Waals surface area contributed by atoms with E-state index in [9.17, 15) is 4.39 Å². The van der Waals surface area contributed by atoms with Crippen LogP contribution in [0.4, 0.5) is 4.39 Å². The summed E-state index contributed by atoms with van der Waals surface area (Å²) in [7, 11) is 0. The Kier molecular flexibility index (Phi) is 4.79. The third-order valence-electron chi connectivity index (χ3n) is 3.55. The molecule has 0 aliphatic carbocycles. The maximum Gasteiger partial charge on any atom is 0.129 e. The van der Waals surface area contributed by atoms with E-state index in [0.717, 1.165) is 0 Å². The van der Waals surface area contributed by atoms with E-state index >= 15 is 0 Å². The van der Waals surface area contributed by atoms with E-state index in [1.807, 2.05) is 0 Å². The normalized spacial score (nSPS) is 12.4. The molecule has 1 atom stereocenters. The van der Waals surface area contributed by atoms with Crippen molar-refractivity contribution >= 4 is 11.6 Å². The molecule has 0 saturated carbocycles. The van der Waals surface area contributed by atoms with E-state index in [2.05, 4.69) is 44.3 Å². The summed E-state index contributed by atoms with van der Waals surface area (Å²) in [5, 5.41) is 3.80. The molecule has 0 saturated heterocycles. The maximum absolute atomic E-state index is 13.7. The van der Waals surface area contributed by atoms with Crippen LogP contribution in [-0.2, 0) is 6.54 Å². The third kappa shape index (κ3) is 3.38. The van der Waals surface area contributed by atoms with Gasteiger partial charge < -0.3 is 5.32 Å². The molecule has 2 aromatic carbocycles. The summed E-state index contributed by atoms with van der Waals surface area (Å²) in [5.41, 5.74) is 4.21. The van der Waals surface area contributed by atoms with Crippen molar-refractivity contribution in [3.63, 3.8) is 0 Å². The summed E-state index contributed by atoms with van der Waals surface area (Å²) in [5.74, 6) is -0.266. The van der Waals surface area contributed by atoms with Gasteiger partial charge in [-0.25, -0.2) is 4.39 Å². The first-order chi connectivity index (χ1) is 9.49. The van der Waals surface area contributed by atoms with E-state index in [-0.39, 0.29) is 11.9 Å². The van der Waals surface area contributed by atoms with Crippen LogP contribution in [0.3, 0.4) is 0 Å². The Bertz CT molecular complexity index is 590. The molecule has 0 radical (unpaired) electrons. The molecule has 106 valence electrons. The molecule has 0 bridgehead atoms. The van der Waals surface area contributed by atoms with Crippen LogP contribution in [0.25, 0.3) is 0 Å². The topological polar surface area (TPSA) is 12.0 Å². The summed E-state index contributed by atoms with van der Waals surface area (Å²) >= 11 is 6.04. The summed E-state index contributed by atoms with van der Waals surface area (Å²) in [6, 6.07) is 11.3. The average Bonchev–Trinajstić information content (AvgIpc) is 2.40. The van der Waals surface area contributed by atoms with E-state index in [0.29, 0.717) is 17.1 Å². The number of nitrogens with one attached hydrogen (secondary N) is 1. The molecule has 0 aliphatic heterocycles. The van der Waals surface area contributed by atoms with Crippen LogP contribution in [0, 0.1) is 19.7 Å². The highest BCUT2D eigenvalue weighted by molar-refractivity contribution is 6.31. The number of rotatable bonds is 4. The van der Waals surface area contributed by atoms with Crippen molar-refractivity contribution in [2.24, 2.45) is 0 Å². The Labute approximate surface area is 124 Å². The van der Waals surface area contributed by atoms with Crippen LogP contribution in [0.15, 0.2) is 36.4 Å². The Balaban J connectivity index is 2.13. The second kappa shape index (κ2) is 6.38. The van der Waals surface area contributed by atoms with Crippen molar-refractivity contribution in [2.75, 3.05) is 0 Å². The minimum absolute atomic E-state index is 0.144. The second-order valence-electron chi connectivity index (χ2n) is 5.16. The molecule has 1 unspecified atom stereocenters. The van der Waals surface area contributed by atoms with Crippen LogP contribution in [0.1, 0.15) is 35.2 Å². The monoisotopic (exact) mass is 291 g/mol. The lowest BCUT2D eigenvalue weighted by molar-refractivity contribution is 0.543. The Morgan fingerprint density at radius 2 is 1.95 bits per heavy atom. The van der Waals surface area contributed by atoms with E-state index in [1.54, 1.807) is 12.1 Å². The molecule has 1 N–H and O–H groups in total. The lowest BCUT2D eigenvalue weighted by Crippen LogP contribution is -2.20. The highest BCUT2D eigenvalue weighted by Gasteiger charge is 2.11. The molecule has 0 aliphatic rings. The predicted molar refractivity (Wildman–Crippen MR) is 82.6 cm³/mol. The maximum atomic E-state index is 13.7. The number of aryl methyl sites for hydroxylation is 2. The first kappa shape index (κ1) is 15.0. The first-order valence-electron chi connectivity index (χ1n) is 6.72. The Morgan fingerprint density at radius 1 is 1.20 bits per heavy atom. The van der Waals surface area contributed by atoms with Crippen molar-refractivity contribution in [1.82, 2.24) is 5.32 Å². The van der Waals surface area contributed by atoms with Gasteiger partial charge in [-0.2, -0.15) is 0 Å². The van der Waals surface area contributed by atoms with Crippen LogP contribution in [0.2, 0.25) is 5.02 Å². The van der Waals surface area contributed by atoms with Crippen molar-refractivity contribution in [2.45, 2.75) is 33.4 Å². The smallest absolute Gasteiger partial charge is 0.129 e. The minimum Gasteiger partial charge on any atom is -0.306 e. The predicted octanol–water partition coefficient (Wildman–Crippen LogP) is 4.95. The van der Waals surface area contributed by atoms with Crippen molar-refractivity contribution in [3.8, 4) is 0 Å². The van der Waals surface area contributed by atoms with Gasteiger partial charge in [-0.3, -0.25) is 0 Å². The lowest BCUT2D eigenvalue weighted by Gasteiger charge is -2.18. The van der Waals surface area contributed by atoms with Gasteiger partial charge in [0.1, 0.15) is 5.82 Å². The fourth-order valence-corrected chi connectivity index (χ4v) is 2.52. The van der Waals surface area contributed by atoms with Gasteiger partial charge in [0, 0.05) is 23.2 Å². The molecular weight excluding hydrogens is 273 g/mol. The zero-order valence-corrected chi connectivity index (χ0v) is 12.8. The van der Waals surface area contributed by atoms with Crippen LogP contribution < -0.4 is 5.32 Å². The van der Waals surface area contributed by atoms with Gasteiger partial charge in [-0.1, -0.05) is 41.4 Å². The van der Waals surface area contributed by atoms with Gasteiger partial charge in [-0.15, -0.1) is 0 Å². The second-order valence-corrected chi connectivity index (χ2v) is 5.57. The molecule has 0 spiro atoms. The molecule has 0 fully saturated rings. The Morgan fingerprint density at radius 3 is 2.65 bits per heavy atom. The van der Waals surface area contributed by atoms with E-state index in [4.69, 9.17) is 11.6 Å². The number of benzene rings is 2. The lowest BCUT2D eigenvalue weighted by atomic mass is 10.00. The summed E-state index contributed by atoms with van der Waals surface area (Å²) < 4.78 is 13.7. The average molecular weight is 292 g/mol. The highest BCUT2D eigenvalue weighted by atomic mass is 35.5. The molecule has 2 rings (SSSR count). The first-order valence-corrected chi connectivity index (χ1v) is 7.10. The zero-order valence-electron chi connectivity index (χ0n) is 12.0. The number of hydrogen-bond acceptors (Lipinski definition) is 1. The van der Waals surface area contributed by atoms with Gasteiger partial charge in [0.15, 0.2) is 0 Å². The van der Waals surface area contributed by atoms with Crippen LogP contribution >= 0.6 is 11.6 Å². The quantitative estimate of drug-likeness (QED) is 0.841. The van der Waals surface area contributed by atoms with Crippen molar-refractivity contribution < 1.29 is 4.39 Å². The van der Waals surface area contributed by atoms with Crippen molar-refractivity contribution in [3.05, 3.63) is 69.5 Å². The van der Waals surface area contributed by atoms with Gasteiger partial charge in [0.2, 0.25) is 0 Å². The standard InChI is InChI=1S/C17H19ClFN/c1-11-7-8-12(2)14(9-11)13(3)20-10-15-16(18)5-4-6-17(15)19/h4-9,13,20H,10H2,1-3H3. The van der Waals surface area contributed by atoms with Gasteiger partial charge in [0.25, 0.3) is 0 Å². The summed E-state index contributed by atoms with van der Waals surface area (Å²) in [6.45, 7) is 6.66. The van der Waals surface area contributed by atoms with Gasteiger partial charge in [-0.05, 0) is 44.0 Å². The molecule has 0 heterocycles. The molecule has 1 nitrogen and oxygen atoms in total. The third-order valence-corrected chi connectivity index (χ3v) is 3.90. The van der Waals surface area contributed by atoms with E-state index in [1.165, 1.54) is 22.8 Å². The fraction of sp³-hybridized carbons (Fsp3) is 0.294. The SMILES string of the molecule is Cc1ccc(C)c(C(C)NCc2c(F)cccc2Cl)c1. The largest absolute Gasteiger partial charge is 0.306 e. The molecule has 2 aromatic rings. The summed E-state index contributed by atoms with van der Waals surface area (Å²) in [6.07, 6.45) is 0. The molecule has 20 heavy (non-hydrogen) atoms. The Hall–Kier alpha value is -1.38. The number of hydrogen-bond donors (Lipinski definition) is 1. The molecule has 3 heteroatoms. The zero-order chi connectivity index (χ0) is 14.7. The molecular formula is C17H19ClFN.